The fourth-order valence-electron chi connectivity index (χ4n) is 1.90. The van der Waals surface area contributed by atoms with E-state index in [4.69, 9.17) is 4.74 Å². The van der Waals surface area contributed by atoms with Crippen LogP contribution in [0, 0.1) is 0 Å². The van der Waals surface area contributed by atoms with E-state index in [0.29, 0.717) is 0 Å². The molecule has 0 aliphatic carbocycles. The highest BCUT2D eigenvalue weighted by atomic mass is 16.6. The van der Waals surface area contributed by atoms with Crippen molar-refractivity contribution < 1.29 is 14.3 Å². The number of hydrogen-bond acceptors (Lipinski definition) is 3. The molecule has 0 saturated carbocycles. The lowest BCUT2D eigenvalue weighted by atomic mass is 9.97. The molecule has 0 atom stereocenters. The Morgan fingerprint density at radius 1 is 0.957 bits per heavy atom. The maximum atomic E-state index is 12.7. The van der Waals surface area contributed by atoms with Crippen molar-refractivity contribution in [2.75, 3.05) is 14.1 Å². The molecule has 0 aliphatic rings. The molecule has 0 bridgehead atoms. The van der Waals surface area contributed by atoms with E-state index in [1.165, 1.54) is 4.90 Å². The molecule has 128 valence electrons. The highest BCUT2D eigenvalue weighted by Crippen LogP contribution is 2.22. The van der Waals surface area contributed by atoms with Gasteiger partial charge in [-0.1, -0.05) is 30.3 Å². The van der Waals surface area contributed by atoms with E-state index in [-0.39, 0.29) is 18.1 Å². The number of carbonyl (C=O) groups excluding carboxylic acids is 2. The molecule has 0 fully saturated rings. The van der Waals surface area contributed by atoms with Crippen molar-refractivity contribution in [3.8, 4) is 0 Å². The van der Waals surface area contributed by atoms with E-state index in [9.17, 15) is 9.59 Å². The summed E-state index contributed by atoms with van der Waals surface area (Å²) in [6, 6.07) is 9.45. The van der Waals surface area contributed by atoms with Crippen molar-refractivity contribution in [2.24, 2.45) is 0 Å². The third-order valence-electron chi connectivity index (χ3n) is 4.15. The zero-order valence-electron chi connectivity index (χ0n) is 15.2. The van der Waals surface area contributed by atoms with E-state index < -0.39 is 11.6 Å². The molecule has 1 aromatic rings. The van der Waals surface area contributed by atoms with E-state index in [1.54, 1.807) is 32.8 Å². The van der Waals surface area contributed by atoms with Gasteiger partial charge in [0.1, 0.15) is 12.1 Å². The van der Waals surface area contributed by atoms with Gasteiger partial charge < -0.3 is 9.64 Å². The highest BCUT2D eigenvalue weighted by Gasteiger charge is 2.40. The summed E-state index contributed by atoms with van der Waals surface area (Å²) in [6.07, 6.45) is -0.519. The number of ether oxygens (including phenoxy) is 1. The molecule has 0 unspecified atom stereocenters. The number of amides is 2. The molecule has 0 saturated heterocycles. The fourth-order valence-corrected chi connectivity index (χ4v) is 1.90. The normalized spacial score (nSPS) is 11.8. The van der Waals surface area contributed by atoms with Crippen LogP contribution in [0.1, 0.15) is 40.2 Å². The first-order valence-corrected chi connectivity index (χ1v) is 7.70. The monoisotopic (exact) mass is 320 g/mol. The number of likely N-dealkylation sites (N-methyl/N-ethyl adjacent to an activating group) is 2. The van der Waals surface area contributed by atoms with Crippen LogP contribution in [0.25, 0.3) is 0 Å². The standard InChI is InChI=1S/C18H28N2O3/c1-17(2,3)19(6)15(21)18(4,5)20(7)16(22)23-13-14-11-9-8-10-12-14/h8-12H,13H2,1-7H3. The van der Waals surface area contributed by atoms with E-state index >= 15 is 0 Å². The van der Waals surface area contributed by atoms with Crippen molar-refractivity contribution in [2.45, 2.75) is 52.3 Å². The molecular weight excluding hydrogens is 292 g/mol. The lowest BCUT2D eigenvalue weighted by Gasteiger charge is -2.41. The number of carbonyl (C=O) groups is 2. The van der Waals surface area contributed by atoms with Crippen LogP contribution < -0.4 is 0 Å². The quantitative estimate of drug-likeness (QED) is 0.855. The molecule has 0 radical (unpaired) electrons. The highest BCUT2D eigenvalue weighted by molar-refractivity contribution is 5.89. The van der Waals surface area contributed by atoms with Crippen LogP contribution in [-0.2, 0) is 16.1 Å². The van der Waals surface area contributed by atoms with Gasteiger partial charge in [0.05, 0.1) is 0 Å². The molecule has 1 rings (SSSR count). The van der Waals surface area contributed by atoms with Crippen molar-refractivity contribution in [3.63, 3.8) is 0 Å². The Morgan fingerprint density at radius 2 is 1.48 bits per heavy atom. The number of hydrogen-bond donors (Lipinski definition) is 0. The summed E-state index contributed by atoms with van der Waals surface area (Å²) in [4.78, 5) is 28.0. The summed E-state index contributed by atoms with van der Waals surface area (Å²) >= 11 is 0. The van der Waals surface area contributed by atoms with E-state index in [0.717, 1.165) is 5.56 Å². The molecule has 0 spiro atoms. The van der Waals surface area contributed by atoms with Gasteiger partial charge in [-0.2, -0.15) is 0 Å². The van der Waals surface area contributed by atoms with Crippen molar-refractivity contribution >= 4 is 12.0 Å². The minimum Gasteiger partial charge on any atom is -0.445 e. The predicted molar refractivity (Wildman–Crippen MR) is 91.0 cm³/mol. The first kappa shape index (κ1) is 19.0. The first-order valence-electron chi connectivity index (χ1n) is 7.70. The smallest absolute Gasteiger partial charge is 0.410 e. The Morgan fingerprint density at radius 3 is 1.96 bits per heavy atom. The van der Waals surface area contributed by atoms with Crippen LogP contribution in [-0.4, -0.2) is 47.0 Å². The Balaban J connectivity index is 2.75. The zero-order valence-corrected chi connectivity index (χ0v) is 15.2. The second-order valence-electron chi connectivity index (χ2n) is 7.19. The van der Waals surface area contributed by atoms with Gasteiger partial charge in [0.15, 0.2) is 0 Å². The molecule has 1 aromatic carbocycles. The summed E-state index contributed by atoms with van der Waals surface area (Å²) in [7, 11) is 3.33. The Bertz CT molecular complexity index is 547. The second-order valence-corrected chi connectivity index (χ2v) is 7.19. The minimum atomic E-state index is -0.990. The third kappa shape index (κ3) is 4.71. The average molecular weight is 320 g/mol. The molecule has 0 aliphatic heterocycles. The Labute approximate surface area is 139 Å². The van der Waals surface area contributed by atoms with Crippen LogP contribution in [0.15, 0.2) is 30.3 Å². The minimum absolute atomic E-state index is 0.135. The van der Waals surface area contributed by atoms with E-state index in [1.807, 2.05) is 51.1 Å². The van der Waals surface area contributed by atoms with Gasteiger partial charge in [0.2, 0.25) is 5.91 Å². The second kappa shape index (κ2) is 7.02. The van der Waals surface area contributed by atoms with Gasteiger partial charge in [-0.3, -0.25) is 9.69 Å². The predicted octanol–water partition coefficient (Wildman–Crippen LogP) is 3.29. The molecule has 0 aromatic heterocycles. The summed E-state index contributed by atoms with van der Waals surface area (Å²) in [5.41, 5.74) is -0.399. The average Bonchev–Trinajstić information content (AvgIpc) is 2.50. The Hall–Kier alpha value is -2.04. The van der Waals surface area contributed by atoms with Gasteiger partial charge >= 0.3 is 6.09 Å². The van der Waals surface area contributed by atoms with Gasteiger partial charge in [-0.25, -0.2) is 4.79 Å². The maximum Gasteiger partial charge on any atom is 0.410 e. The molecule has 23 heavy (non-hydrogen) atoms. The molecule has 5 nitrogen and oxygen atoms in total. The molecule has 0 N–H and O–H groups in total. The topological polar surface area (TPSA) is 49.9 Å². The van der Waals surface area contributed by atoms with Crippen LogP contribution in [0.5, 0.6) is 0 Å². The van der Waals surface area contributed by atoms with Crippen LogP contribution in [0.2, 0.25) is 0 Å². The van der Waals surface area contributed by atoms with Crippen molar-refractivity contribution in [1.29, 1.82) is 0 Å². The van der Waals surface area contributed by atoms with E-state index in [2.05, 4.69) is 0 Å². The fraction of sp³-hybridized carbons (Fsp3) is 0.556. The molecular formula is C18H28N2O3. The van der Waals surface area contributed by atoms with Crippen molar-refractivity contribution in [3.05, 3.63) is 35.9 Å². The maximum absolute atomic E-state index is 12.7. The molecule has 5 heteroatoms. The zero-order chi connectivity index (χ0) is 17.8. The van der Waals surface area contributed by atoms with Crippen molar-refractivity contribution in [1.82, 2.24) is 9.80 Å². The summed E-state index contributed by atoms with van der Waals surface area (Å²) in [5.74, 6) is -0.135. The Kier molecular flexibility index (Phi) is 5.81. The number of benzene rings is 1. The molecule has 2 amide bonds. The summed E-state index contributed by atoms with van der Waals surface area (Å²) in [6.45, 7) is 9.49. The molecule has 0 heterocycles. The lowest BCUT2D eigenvalue weighted by molar-refractivity contribution is -0.144. The number of nitrogens with zero attached hydrogens (tertiary/aromatic N) is 2. The summed E-state index contributed by atoms with van der Waals surface area (Å²) < 4.78 is 5.31. The van der Waals surface area contributed by atoms with Crippen LogP contribution in [0.4, 0.5) is 4.79 Å². The largest absolute Gasteiger partial charge is 0.445 e. The van der Waals surface area contributed by atoms with Crippen LogP contribution in [0.3, 0.4) is 0 Å². The van der Waals surface area contributed by atoms with Crippen LogP contribution >= 0.6 is 0 Å². The lowest BCUT2D eigenvalue weighted by Crippen LogP contribution is -2.59. The third-order valence-corrected chi connectivity index (χ3v) is 4.15. The van der Waals surface area contributed by atoms with Gasteiger partial charge in [-0.15, -0.1) is 0 Å². The summed E-state index contributed by atoms with van der Waals surface area (Å²) in [5, 5.41) is 0. The first-order chi connectivity index (χ1) is 10.5. The van der Waals surface area contributed by atoms with Gasteiger partial charge in [0, 0.05) is 19.6 Å². The number of rotatable bonds is 4. The van der Waals surface area contributed by atoms with Gasteiger partial charge in [0.25, 0.3) is 0 Å². The SMILES string of the molecule is CN(C(=O)C(C)(C)N(C)C(=O)OCc1ccccc1)C(C)(C)C. The van der Waals surface area contributed by atoms with Gasteiger partial charge in [-0.05, 0) is 40.2 Å².